The highest BCUT2D eigenvalue weighted by molar-refractivity contribution is 8.03. The smallest absolute Gasteiger partial charge is 0.179 e. The number of hydrogen-bond acceptors (Lipinski definition) is 6. The number of rotatable bonds is 5. The molecule has 3 nitrogen and oxygen atoms in total. The van der Waals surface area contributed by atoms with E-state index in [4.69, 9.17) is 5.73 Å². The summed E-state index contributed by atoms with van der Waals surface area (Å²) in [5, 5.41) is 8.28. The van der Waals surface area contributed by atoms with E-state index in [2.05, 4.69) is 29.3 Å². The van der Waals surface area contributed by atoms with Gasteiger partial charge >= 0.3 is 0 Å². The molecule has 2 rings (SSSR count). The van der Waals surface area contributed by atoms with Crippen molar-refractivity contribution in [2.75, 3.05) is 6.26 Å². The van der Waals surface area contributed by atoms with Crippen LogP contribution in [-0.4, -0.2) is 16.5 Å². The fourth-order valence-electron chi connectivity index (χ4n) is 1.51. The number of hydrogen-bond donors (Lipinski definition) is 1. The van der Waals surface area contributed by atoms with Crippen LogP contribution in [0.1, 0.15) is 24.9 Å². The van der Waals surface area contributed by atoms with Gasteiger partial charge in [-0.3, -0.25) is 0 Å². The summed E-state index contributed by atoms with van der Waals surface area (Å²) in [7, 11) is 0. The molecule has 0 amide bonds. The quantitative estimate of drug-likeness (QED) is 0.850. The summed E-state index contributed by atoms with van der Waals surface area (Å²) in [6, 6.07) is 8.33. The van der Waals surface area contributed by atoms with Gasteiger partial charge in [0.15, 0.2) is 8.68 Å². The number of thioether (sulfide) groups is 1. The number of benzene rings is 1. The van der Waals surface area contributed by atoms with Crippen LogP contribution in [0, 0.1) is 0 Å². The number of aromatic nitrogens is 2. The van der Waals surface area contributed by atoms with Gasteiger partial charge in [0.05, 0.1) is 0 Å². The highest BCUT2D eigenvalue weighted by atomic mass is 32.2. The van der Waals surface area contributed by atoms with Crippen LogP contribution in [0.25, 0.3) is 0 Å². The molecule has 2 N–H and O–H groups in total. The molecule has 96 valence electrons. The zero-order valence-electron chi connectivity index (χ0n) is 10.3. The molecule has 0 bridgehead atoms. The number of nitrogens with two attached hydrogens (primary N) is 1. The lowest BCUT2D eigenvalue weighted by molar-refractivity contribution is 0.685. The summed E-state index contributed by atoms with van der Waals surface area (Å²) in [6.07, 6.45) is 2.94. The zero-order chi connectivity index (χ0) is 13.0. The maximum Gasteiger partial charge on any atom is 0.179 e. The van der Waals surface area contributed by atoms with E-state index in [0.717, 1.165) is 15.1 Å². The van der Waals surface area contributed by atoms with Crippen molar-refractivity contribution in [1.29, 1.82) is 0 Å². The predicted octanol–water partition coefficient (Wildman–Crippen LogP) is 3.82. The lowest BCUT2D eigenvalue weighted by atomic mass is 10.1. The third-order valence-electron chi connectivity index (χ3n) is 2.52. The molecule has 0 radical (unpaired) electrons. The van der Waals surface area contributed by atoms with E-state index >= 15 is 0 Å². The molecule has 0 aliphatic heterocycles. The fraction of sp³-hybridized carbons (Fsp3) is 0.333. The Morgan fingerprint density at radius 3 is 2.67 bits per heavy atom. The summed E-state index contributed by atoms with van der Waals surface area (Å²) in [5.74, 6) is 0. The molecule has 2 aromatic rings. The maximum absolute atomic E-state index is 6.13. The Balaban J connectivity index is 2.23. The second-order valence-electron chi connectivity index (χ2n) is 3.69. The van der Waals surface area contributed by atoms with Crippen LogP contribution >= 0.6 is 34.9 Å². The monoisotopic (exact) mass is 297 g/mol. The average molecular weight is 297 g/mol. The number of nitrogens with zero attached hydrogens (tertiary/aromatic N) is 2. The van der Waals surface area contributed by atoms with Gasteiger partial charge in [0.2, 0.25) is 0 Å². The van der Waals surface area contributed by atoms with E-state index in [1.807, 2.05) is 18.4 Å². The van der Waals surface area contributed by atoms with Crippen LogP contribution in [0.2, 0.25) is 0 Å². The van der Waals surface area contributed by atoms with Gasteiger partial charge in [-0.2, -0.15) is 0 Å². The second-order valence-corrected chi connectivity index (χ2v) is 7.01. The Labute approximate surface area is 120 Å². The summed E-state index contributed by atoms with van der Waals surface area (Å²) < 4.78 is 1.96. The van der Waals surface area contributed by atoms with Crippen molar-refractivity contribution in [2.45, 2.75) is 33.0 Å². The molecule has 6 heteroatoms. The van der Waals surface area contributed by atoms with Gasteiger partial charge in [0.25, 0.3) is 0 Å². The standard InChI is InChI=1S/C12H15N3S3/c1-3-9(13)8-6-4-5-7-10(8)17-12-15-14-11(16-2)18-12/h4-7,9H,3,13H2,1-2H3/t9-/m0/s1. The molecule has 0 unspecified atom stereocenters. The normalized spacial score (nSPS) is 12.6. The van der Waals surface area contributed by atoms with Gasteiger partial charge < -0.3 is 5.73 Å². The summed E-state index contributed by atoms with van der Waals surface area (Å²) in [5.41, 5.74) is 7.32. The van der Waals surface area contributed by atoms with Crippen molar-refractivity contribution in [2.24, 2.45) is 5.73 Å². The largest absolute Gasteiger partial charge is 0.324 e. The van der Waals surface area contributed by atoms with Crippen molar-refractivity contribution < 1.29 is 0 Å². The van der Waals surface area contributed by atoms with Gasteiger partial charge in [-0.05, 0) is 24.3 Å². The molecule has 0 spiro atoms. The van der Waals surface area contributed by atoms with E-state index < -0.39 is 0 Å². The second kappa shape index (κ2) is 6.56. The van der Waals surface area contributed by atoms with Crippen molar-refractivity contribution in [3.05, 3.63) is 29.8 Å². The average Bonchev–Trinajstić information content (AvgIpc) is 2.86. The molecule has 0 saturated heterocycles. The SMILES string of the molecule is CC[C@H](N)c1ccccc1Sc1nnc(SC)s1. The summed E-state index contributed by atoms with van der Waals surface area (Å²) in [4.78, 5) is 1.18. The minimum atomic E-state index is 0.0849. The van der Waals surface area contributed by atoms with E-state index in [1.165, 1.54) is 10.5 Å². The summed E-state index contributed by atoms with van der Waals surface area (Å²) >= 11 is 4.89. The zero-order valence-corrected chi connectivity index (χ0v) is 12.7. The Hall–Kier alpha value is -0.560. The third-order valence-corrected chi connectivity index (χ3v) is 5.56. The lowest BCUT2D eigenvalue weighted by Gasteiger charge is -2.13. The van der Waals surface area contributed by atoms with Gasteiger partial charge in [-0.15, -0.1) is 10.2 Å². The third kappa shape index (κ3) is 3.26. The van der Waals surface area contributed by atoms with Crippen LogP contribution in [0.4, 0.5) is 0 Å². The molecule has 1 atom stereocenters. The van der Waals surface area contributed by atoms with Crippen molar-refractivity contribution in [1.82, 2.24) is 10.2 Å². The minimum Gasteiger partial charge on any atom is -0.324 e. The fourth-order valence-corrected chi connectivity index (χ4v) is 4.10. The molecule has 0 aliphatic rings. The molecule has 18 heavy (non-hydrogen) atoms. The van der Waals surface area contributed by atoms with E-state index in [0.29, 0.717) is 0 Å². The first kappa shape index (κ1) is 13.9. The first-order valence-corrected chi connectivity index (χ1v) is 8.50. The van der Waals surface area contributed by atoms with Crippen LogP contribution in [0.3, 0.4) is 0 Å². The predicted molar refractivity (Wildman–Crippen MR) is 79.5 cm³/mol. The van der Waals surface area contributed by atoms with Crippen molar-refractivity contribution in [3.8, 4) is 0 Å². The van der Waals surface area contributed by atoms with Crippen LogP contribution in [0.15, 0.2) is 37.8 Å². The first-order chi connectivity index (χ1) is 8.74. The van der Waals surface area contributed by atoms with Crippen LogP contribution in [-0.2, 0) is 0 Å². The lowest BCUT2D eigenvalue weighted by Crippen LogP contribution is -2.09. The first-order valence-electron chi connectivity index (χ1n) is 5.64. The minimum absolute atomic E-state index is 0.0849. The van der Waals surface area contributed by atoms with Gasteiger partial charge in [0, 0.05) is 10.9 Å². The van der Waals surface area contributed by atoms with Gasteiger partial charge in [-0.25, -0.2) is 0 Å². The highest BCUT2D eigenvalue weighted by Crippen LogP contribution is 2.36. The molecule has 0 saturated carbocycles. The molecule has 0 aliphatic carbocycles. The maximum atomic E-state index is 6.13. The van der Waals surface area contributed by atoms with E-state index in [1.54, 1.807) is 34.9 Å². The van der Waals surface area contributed by atoms with Crippen molar-refractivity contribution in [3.63, 3.8) is 0 Å². The Kier molecular flexibility index (Phi) is 5.05. The molecular weight excluding hydrogens is 282 g/mol. The Morgan fingerprint density at radius 2 is 2.00 bits per heavy atom. The topological polar surface area (TPSA) is 51.8 Å². The van der Waals surface area contributed by atoms with Crippen LogP contribution in [0.5, 0.6) is 0 Å². The molecule has 1 heterocycles. The van der Waals surface area contributed by atoms with E-state index in [-0.39, 0.29) is 6.04 Å². The molecule has 0 fully saturated rings. The van der Waals surface area contributed by atoms with Crippen LogP contribution < -0.4 is 5.73 Å². The van der Waals surface area contributed by atoms with E-state index in [9.17, 15) is 0 Å². The Morgan fingerprint density at radius 1 is 1.28 bits per heavy atom. The van der Waals surface area contributed by atoms with Gasteiger partial charge in [-0.1, -0.05) is 60.0 Å². The highest BCUT2D eigenvalue weighted by Gasteiger charge is 2.12. The molecule has 1 aromatic carbocycles. The molecular formula is C12H15N3S3. The molecule has 1 aromatic heterocycles. The summed E-state index contributed by atoms with van der Waals surface area (Å²) in [6.45, 7) is 2.10. The van der Waals surface area contributed by atoms with Gasteiger partial charge in [0.1, 0.15) is 0 Å². The van der Waals surface area contributed by atoms with Crippen molar-refractivity contribution >= 4 is 34.9 Å². The Bertz CT molecular complexity index is 513.